The molecule has 0 amide bonds. The Kier molecular flexibility index (Phi) is 3.20. The van der Waals surface area contributed by atoms with Crippen molar-refractivity contribution in [2.24, 2.45) is 0 Å². The Morgan fingerprint density at radius 1 is 1.18 bits per heavy atom. The summed E-state index contributed by atoms with van der Waals surface area (Å²) in [5.74, 6) is -0.804. The lowest BCUT2D eigenvalue weighted by Gasteiger charge is -2.11. The minimum Gasteiger partial charge on any atom is -0.481 e. The van der Waals surface area contributed by atoms with Crippen molar-refractivity contribution in [1.29, 1.82) is 0 Å². The smallest absolute Gasteiger partial charge is 0.314 e. The number of hydrogen-bond acceptors (Lipinski definition) is 3. The van der Waals surface area contributed by atoms with Crippen LogP contribution in [0.1, 0.15) is 24.0 Å². The van der Waals surface area contributed by atoms with Gasteiger partial charge in [0.05, 0.1) is 15.9 Å². The van der Waals surface area contributed by atoms with Crippen LogP contribution in [0.15, 0.2) is 42.5 Å². The van der Waals surface area contributed by atoms with Crippen molar-refractivity contribution in [3.05, 3.63) is 63.7 Å². The van der Waals surface area contributed by atoms with Crippen LogP contribution < -0.4 is 0 Å². The van der Waals surface area contributed by atoms with Gasteiger partial charge in [-0.25, -0.2) is 0 Å². The Labute approximate surface area is 127 Å². The van der Waals surface area contributed by atoms with Crippen molar-refractivity contribution in [2.75, 3.05) is 0 Å². The molecule has 0 saturated heterocycles. The summed E-state index contributed by atoms with van der Waals surface area (Å²) in [6.45, 7) is 1.88. The van der Waals surface area contributed by atoms with Crippen LogP contribution in [-0.4, -0.2) is 16.0 Å². The van der Waals surface area contributed by atoms with E-state index in [-0.39, 0.29) is 5.69 Å². The van der Waals surface area contributed by atoms with Gasteiger partial charge in [-0.1, -0.05) is 35.9 Å². The molecule has 1 saturated carbocycles. The first-order chi connectivity index (χ1) is 10.4. The van der Waals surface area contributed by atoms with Crippen LogP contribution in [0.2, 0.25) is 0 Å². The quantitative estimate of drug-likeness (QED) is 0.689. The molecule has 2 aromatic carbocycles. The first-order valence-corrected chi connectivity index (χ1v) is 7.03. The summed E-state index contributed by atoms with van der Waals surface area (Å²) in [5.41, 5.74) is 2.28. The molecule has 0 aromatic heterocycles. The molecule has 0 aliphatic heterocycles. The standard InChI is InChI=1S/C17H15NO4/c1-11-2-7-15(18(21)22)14(10-11)12-3-5-13(6-4-12)17(8-9-17)16(19)20/h2-7,10H,8-9H2,1H3,(H,19,20). The van der Waals surface area contributed by atoms with E-state index in [0.717, 1.165) is 16.7 Å². The zero-order valence-corrected chi connectivity index (χ0v) is 12.1. The van der Waals surface area contributed by atoms with E-state index in [1.807, 2.05) is 6.92 Å². The van der Waals surface area contributed by atoms with Crippen LogP contribution in [0.3, 0.4) is 0 Å². The van der Waals surface area contributed by atoms with Crippen LogP contribution in [0.4, 0.5) is 5.69 Å². The monoisotopic (exact) mass is 297 g/mol. The fourth-order valence-corrected chi connectivity index (χ4v) is 2.76. The van der Waals surface area contributed by atoms with E-state index in [2.05, 4.69) is 0 Å². The number of aryl methyl sites for hydroxylation is 1. The molecule has 0 spiro atoms. The van der Waals surface area contributed by atoms with Crippen LogP contribution in [0.25, 0.3) is 11.1 Å². The zero-order valence-electron chi connectivity index (χ0n) is 12.1. The van der Waals surface area contributed by atoms with Crippen LogP contribution in [-0.2, 0) is 10.2 Å². The van der Waals surface area contributed by atoms with Gasteiger partial charge in [0.25, 0.3) is 5.69 Å². The van der Waals surface area contributed by atoms with Gasteiger partial charge in [0.15, 0.2) is 0 Å². The predicted octanol–water partition coefficient (Wildman–Crippen LogP) is 3.69. The average Bonchev–Trinajstić information content (AvgIpc) is 3.29. The molecule has 112 valence electrons. The summed E-state index contributed by atoms with van der Waals surface area (Å²) in [7, 11) is 0. The molecule has 2 aromatic rings. The molecule has 0 unspecified atom stereocenters. The number of rotatable bonds is 4. The molecule has 5 heteroatoms. The summed E-state index contributed by atoms with van der Waals surface area (Å²) in [6, 6.07) is 12.0. The fourth-order valence-electron chi connectivity index (χ4n) is 2.76. The minimum atomic E-state index is -0.804. The van der Waals surface area contributed by atoms with Gasteiger partial charge in [-0.05, 0) is 37.0 Å². The number of nitro benzene ring substituents is 1. The molecule has 1 N–H and O–H groups in total. The molecule has 3 rings (SSSR count). The Morgan fingerprint density at radius 3 is 2.32 bits per heavy atom. The van der Waals surface area contributed by atoms with Gasteiger partial charge in [-0.15, -0.1) is 0 Å². The lowest BCUT2D eigenvalue weighted by Crippen LogP contribution is -2.19. The van der Waals surface area contributed by atoms with Crippen molar-refractivity contribution < 1.29 is 14.8 Å². The summed E-state index contributed by atoms with van der Waals surface area (Å²) < 4.78 is 0. The zero-order chi connectivity index (χ0) is 15.9. The molecular weight excluding hydrogens is 282 g/mol. The molecule has 0 radical (unpaired) electrons. The second-order valence-corrected chi connectivity index (χ2v) is 5.74. The number of nitrogens with zero attached hydrogens (tertiary/aromatic N) is 1. The van der Waals surface area contributed by atoms with Crippen molar-refractivity contribution in [3.63, 3.8) is 0 Å². The second-order valence-electron chi connectivity index (χ2n) is 5.74. The number of carboxylic acid groups (broad SMARTS) is 1. The van der Waals surface area contributed by atoms with Crippen LogP contribution in [0.5, 0.6) is 0 Å². The third-order valence-corrected chi connectivity index (χ3v) is 4.26. The fraction of sp³-hybridized carbons (Fsp3) is 0.235. The first kappa shape index (κ1) is 14.3. The maximum Gasteiger partial charge on any atom is 0.314 e. The SMILES string of the molecule is Cc1ccc([N+](=O)[O-])c(-c2ccc(C3(C(=O)O)CC3)cc2)c1. The van der Waals surface area contributed by atoms with Crippen molar-refractivity contribution in [1.82, 2.24) is 0 Å². The van der Waals surface area contributed by atoms with Gasteiger partial charge in [0.2, 0.25) is 0 Å². The number of hydrogen-bond donors (Lipinski definition) is 1. The van der Waals surface area contributed by atoms with Gasteiger partial charge >= 0.3 is 5.97 Å². The lowest BCUT2D eigenvalue weighted by atomic mass is 9.93. The highest BCUT2D eigenvalue weighted by Crippen LogP contribution is 2.48. The summed E-state index contributed by atoms with van der Waals surface area (Å²) in [5, 5.41) is 20.5. The summed E-state index contributed by atoms with van der Waals surface area (Å²) >= 11 is 0. The molecule has 5 nitrogen and oxygen atoms in total. The number of aliphatic carboxylic acids is 1. The van der Waals surface area contributed by atoms with E-state index in [9.17, 15) is 20.0 Å². The second kappa shape index (κ2) is 4.94. The Bertz CT molecular complexity index is 761. The number of nitro groups is 1. The minimum absolute atomic E-state index is 0.0534. The molecular formula is C17H15NO4. The molecule has 22 heavy (non-hydrogen) atoms. The van der Waals surface area contributed by atoms with Crippen molar-refractivity contribution in [3.8, 4) is 11.1 Å². The van der Waals surface area contributed by atoms with Gasteiger partial charge in [0, 0.05) is 6.07 Å². The van der Waals surface area contributed by atoms with E-state index in [4.69, 9.17) is 0 Å². The van der Waals surface area contributed by atoms with Gasteiger partial charge in [-0.3, -0.25) is 14.9 Å². The van der Waals surface area contributed by atoms with Gasteiger partial charge < -0.3 is 5.11 Å². The van der Waals surface area contributed by atoms with Crippen LogP contribution >= 0.6 is 0 Å². The molecule has 0 atom stereocenters. The molecule has 1 aliphatic carbocycles. The van der Waals surface area contributed by atoms with Crippen LogP contribution in [0, 0.1) is 17.0 Å². The van der Waals surface area contributed by atoms with E-state index < -0.39 is 16.3 Å². The Morgan fingerprint density at radius 2 is 1.82 bits per heavy atom. The third kappa shape index (κ3) is 2.24. The first-order valence-electron chi connectivity index (χ1n) is 7.03. The van der Waals surface area contributed by atoms with Crippen molar-refractivity contribution >= 4 is 11.7 Å². The van der Waals surface area contributed by atoms with E-state index in [0.29, 0.717) is 18.4 Å². The Hall–Kier alpha value is -2.69. The number of carbonyl (C=O) groups is 1. The predicted molar refractivity (Wildman–Crippen MR) is 81.8 cm³/mol. The average molecular weight is 297 g/mol. The summed E-state index contributed by atoms with van der Waals surface area (Å²) in [6.07, 6.45) is 1.29. The largest absolute Gasteiger partial charge is 0.481 e. The molecule has 0 heterocycles. The molecule has 0 bridgehead atoms. The normalized spacial score (nSPS) is 15.3. The van der Waals surface area contributed by atoms with E-state index in [1.54, 1.807) is 36.4 Å². The van der Waals surface area contributed by atoms with E-state index >= 15 is 0 Å². The molecule has 1 fully saturated rings. The highest BCUT2D eigenvalue weighted by molar-refractivity contribution is 5.85. The highest BCUT2D eigenvalue weighted by atomic mass is 16.6. The van der Waals surface area contributed by atoms with Crippen molar-refractivity contribution in [2.45, 2.75) is 25.2 Å². The Balaban J connectivity index is 2.02. The summed E-state index contributed by atoms with van der Waals surface area (Å²) in [4.78, 5) is 22.1. The molecule has 1 aliphatic rings. The maximum absolute atomic E-state index is 11.3. The third-order valence-electron chi connectivity index (χ3n) is 4.26. The van der Waals surface area contributed by atoms with Gasteiger partial charge in [0.1, 0.15) is 0 Å². The lowest BCUT2D eigenvalue weighted by molar-refractivity contribution is -0.384. The number of benzene rings is 2. The highest BCUT2D eigenvalue weighted by Gasteiger charge is 2.51. The number of carboxylic acids is 1. The maximum atomic E-state index is 11.3. The topological polar surface area (TPSA) is 80.4 Å². The van der Waals surface area contributed by atoms with E-state index in [1.165, 1.54) is 6.07 Å². The van der Waals surface area contributed by atoms with Gasteiger partial charge in [-0.2, -0.15) is 0 Å².